The fraction of sp³-hybridized carbons (Fsp3) is 0.200. The summed E-state index contributed by atoms with van der Waals surface area (Å²) in [5.41, 5.74) is 0.617. The zero-order valence-corrected chi connectivity index (χ0v) is 10.7. The maximum Gasteiger partial charge on any atom is 0.344 e. The number of fused-ring (bicyclic) bond motifs is 1. The fourth-order valence-electron chi connectivity index (χ4n) is 1.70. The predicted molar refractivity (Wildman–Crippen MR) is 67.5 cm³/mol. The van der Waals surface area contributed by atoms with Crippen LogP contribution < -0.4 is 10.1 Å². The average molecular weight is 279 g/mol. The molecule has 2 aromatic heterocycles. The molecular formula is C10H9N5O3S. The summed E-state index contributed by atoms with van der Waals surface area (Å²) in [6.07, 6.45) is 3.27. The van der Waals surface area contributed by atoms with Crippen molar-refractivity contribution in [1.29, 1.82) is 0 Å². The maximum absolute atomic E-state index is 11.3. The molecule has 0 saturated carbocycles. The van der Waals surface area contributed by atoms with Crippen LogP contribution in [0.3, 0.4) is 0 Å². The van der Waals surface area contributed by atoms with Gasteiger partial charge in [-0.05, 0) is 0 Å². The summed E-state index contributed by atoms with van der Waals surface area (Å²) >= 11 is 1.46. The Hall–Kier alpha value is -2.42. The first-order valence-corrected chi connectivity index (χ1v) is 6.22. The summed E-state index contributed by atoms with van der Waals surface area (Å²) in [7, 11) is 1.51. The smallest absolute Gasteiger partial charge is 0.344 e. The molecule has 0 bridgehead atoms. The van der Waals surface area contributed by atoms with Gasteiger partial charge in [0.1, 0.15) is 12.2 Å². The number of urea groups is 1. The molecule has 8 nitrogen and oxygen atoms in total. The number of carbonyl (C=O) groups excluding carboxylic acids is 2. The van der Waals surface area contributed by atoms with Crippen molar-refractivity contribution in [3.63, 3.8) is 0 Å². The molecule has 9 heteroatoms. The fourth-order valence-corrected chi connectivity index (χ4v) is 2.41. The number of imide groups is 1. The highest BCUT2D eigenvalue weighted by Crippen LogP contribution is 2.21. The van der Waals surface area contributed by atoms with Gasteiger partial charge in [-0.25, -0.2) is 9.80 Å². The van der Waals surface area contributed by atoms with E-state index in [1.165, 1.54) is 24.7 Å². The van der Waals surface area contributed by atoms with Crippen LogP contribution in [-0.2, 0) is 4.79 Å². The molecule has 1 N–H and O–H groups in total. The van der Waals surface area contributed by atoms with E-state index in [-0.39, 0.29) is 12.5 Å². The number of amides is 3. The van der Waals surface area contributed by atoms with Gasteiger partial charge in [0.25, 0.3) is 0 Å². The molecule has 3 rings (SSSR count). The van der Waals surface area contributed by atoms with Gasteiger partial charge >= 0.3 is 6.03 Å². The average Bonchev–Trinajstić information content (AvgIpc) is 3.01. The van der Waals surface area contributed by atoms with Crippen molar-refractivity contribution < 1.29 is 14.3 Å². The predicted octanol–water partition coefficient (Wildman–Crippen LogP) is 0.290. The van der Waals surface area contributed by atoms with E-state index in [4.69, 9.17) is 4.74 Å². The molecule has 2 aromatic rings. The first-order valence-electron chi connectivity index (χ1n) is 5.34. The summed E-state index contributed by atoms with van der Waals surface area (Å²) in [4.78, 5) is 27.4. The lowest BCUT2D eigenvalue weighted by Crippen LogP contribution is -2.24. The van der Waals surface area contributed by atoms with Crippen LogP contribution in [0.2, 0.25) is 0 Å². The number of nitrogens with one attached hydrogen (secondary N) is 1. The molecule has 3 amide bonds. The molecule has 19 heavy (non-hydrogen) atoms. The van der Waals surface area contributed by atoms with Gasteiger partial charge in [-0.1, -0.05) is 0 Å². The highest BCUT2D eigenvalue weighted by Gasteiger charge is 2.26. The Morgan fingerprint density at radius 1 is 1.58 bits per heavy atom. The van der Waals surface area contributed by atoms with Crippen LogP contribution in [-0.4, -0.2) is 46.2 Å². The summed E-state index contributed by atoms with van der Waals surface area (Å²) in [6.45, 7) is -0.0801. The van der Waals surface area contributed by atoms with Crippen LogP contribution in [0.25, 0.3) is 4.96 Å². The molecule has 98 valence electrons. The second-order valence-corrected chi connectivity index (χ2v) is 4.59. The second-order valence-electron chi connectivity index (χ2n) is 3.72. The van der Waals surface area contributed by atoms with Crippen molar-refractivity contribution in [2.75, 3.05) is 13.7 Å². The SMILES string of the molecule is COc1nc2sccn2c1C=NN1CC(=O)NC1=O. The molecule has 1 fully saturated rings. The molecule has 0 unspecified atom stereocenters. The number of hydrogen-bond donors (Lipinski definition) is 1. The van der Waals surface area contributed by atoms with Crippen molar-refractivity contribution in [2.45, 2.75) is 0 Å². The summed E-state index contributed by atoms with van der Waals surface area (Å²) in [5, 5.41) is 9.04. The van der Waals surface area contributed by atoms with E-state index in [1.54, 1.807) is 4.40 Å². The molecule has 0 radical (unpaired) electrons. The van der Waals surface area contributed by atoms with E-state index in [9.17, 15) is 9.59 Å². The first kappa shape index (κ1) is 11.7. The lowest BCUT2D eigenvalue weighted by Gasteiger charge is -2.04. The van der Waals surface area contributed by atoms with Gasteiger partial charge in [-0.2, -0.15) is 10.1 Å². The van der Waals surface area contributed by atoms with Crippen molar-refractivity contribution in [3.8, 4) is 5.88 Å². The Bertz CT molecular complexity index is 688. The maximum atomic E-state index is 11.3. The van der Waals surface area contributed by atoms with Crippen molar-refractivity contribution in [1.82, 2.24) is 19.7 Å². The van der Waals surface area contributed by atoms with Gasteiger partial charge in [-0.3, -0.25) is 14.5 Å². The molecule has 1 aliphatic heterocycles. The van der Waals surface area contributed by atoms with Gasteiger partial charge in [0.05, 0.1) is 13.3 Å². The lowest BCUT2D eigenvalue weighted by molar-refractivity contribution is -0.118. The van der Waals surface area contributed by atoms with Crippen LogP contribution in [0, 0.1) is 0 Å². The topological polar surface area (TPSA) is 88.3 Å². The zero-order chi connectivity index (χ0) is 13.4. The van der Waals surface area contributed by atoms with Crippen LogP contribution in [0.5, 0.6) is 5.88 Å². The number of hydrazone groups is 1. The molecule has 1 saturated heterocycles. The Balaban J connectivity index is 1.94. The third kappa shape index (κ3) is 1.93. The number of imidazole rings is 1. The van der Waals surface area contributed by atoms with Crippen LogP contribution in [0.1, 0.15) is 5.69 Å². The standard InChI is InChI=1S/C10H9N5O3S/c1-18-8-6(14-2-3-19-10(14)13-8)4-11-15-5-7(16)12-9(15)17/h2-4H,5H2,1H3,(H,12,16,17). The number of nitrogens with zero attached hydrogens (tertiary/aromatic N) is 4. The first-order chi connectivity index (χ1) is 9.19. The largest absolute Gasteiger partial charge is 0.479 e. The second kappa shape index (κ2) is 4.35. The molecule has 0 atom stereocenters. The Labute approximate surface area is 111 Å². The number of carbonyl (C=O) groups is 2. The van der Waals surface area contributed by atoms with E-state index >= 15 is 0 Å². The monoisotopic (exact) mass is 279 g/mol. The minimum absolute atomic E-state index is 0.0801. The molecular weight excluding hydrogens is 270 g/mol. The van der Waals surface area contributed by atoms with Gasteiger partial charge in [0, 0.05) is 11.6 Å². The Morgan fingerprint density at radius 2 is 2.42 bits per heavy atom. The van der Waals surface area contributed by atoms with Gasteiger partial charge in [0.2, 0.25) is 11.8 Å². The molecule has 0 spiro atoms. The van der Waals surface area contributed by atoms with E-state index in [0.29, 0.717) is 11.6 Å². The summed E-state index contributed by atoms with van der Waals surface area (Å²) in [5.74, 6) is 0.0459. The minimum atomic E-state index is -0.536. The molecule has 0 aromatic carbocycles. The lowest BCUT2D eigenvalue weighted by atomic mass is 10.5. The van der Waals surface area contributed by atoms with Gasteiger partial charge in [-0.15, -0.1) is 11.3 Å². The van der Waals surface area contributed by atoms with Crippen molar-refractivity contribution in [3.05, 3.63) is 17.3 Å². The number of hydrogen-bond acceptors (Lipinski definition) is 6. The van der Waals surface area contributed by atoms with Gasteiger partial charge < -0.3 is 4.74 Å². The van der Waals surface area contributed by atoms with E-state index in [2.05, 4.69) is 15.4 Å². The molecule has 1 aliphatic rings. The van der Waals surface area contributed by atoms with Crippen LogP contribution >= 0.6 is 11.3 Å². The Kier molecular flexibility index (Phi) is 2.67. The van der Waals surface area contributed by atoms with E-state index < -0.39 is 6.03 Å². The van der Waals surface area contributed by atoms with Crippen LogP contribution in [0.15, 0.2) is 16.7 Å². The minimum Gasteiger partial charge on any atom is -0.479 e. The van der Waals surface area contributed by atoms with Crippen molar-refractivity contribution in [2.24, 2.45) is 5.10 Å². The highest BCUT2D eigenvalue weighted by atomic mass is 32.1. The summed E-state index contributed by atoms with van der Waals surface area (Å²) in [6, 6.07) is -0.536. The third-order valence-electron chi connectivity index (χ3n) is 2.55. The van der Waals surface area contributed by atoms with Crippen molar-refractivity contribution >= 4 is 34.5 Å². The number of methoxy groups -OCH3 is 1. The molecule has 0 aliphatic carbocycles. The van der Waals surface area contributed by atoms with E-state index in [1.807, 2.05) is 11.6 Å². The quantitative estimate of drug-likeness (QED) is 0.646. The normalized spacial score (nSPS) is 15.7. The highest BCUT2D eigenvalue weighted by molar-refractivity contribution is 7.15. The van der Waals surface area contributed by atoms with Crippen LogP contribution in [0.4, 0.5) is 4.79 Å². The number of thiazole rings is 1. The molecule has 3 heterocycles. The van der Waals surface area contributed by atoms with E-state index in [0.717, 1.165) is 9.97 Å². The number of rotatable bonds is 3. The zero-order valence-electron chi connectivity index (χ0n) is 9.86. The number of ether oxygens (including phenoxy) is 1. The Morgan fingerprint density at radius 3 is 3.11 bits per heavy atom. The van der Waals surface area contributed by atoms with Gasteiger partial charge in [0.15, 0.2) is 4.96 Å². The third-order valence-corrected chi connectivity index (χ3v) is 3.31. The summed E-state index contributed by atoms with van der Waals surface area (Å²) < 4.78 is 6.94. The number of aromatic nitrogens is 2.